The van der Waals surface area contributed by atoms with Crippen LogP contribution in [0.2, 0.25) is 0 Å². The maximum Gasteiger partial charge on any atom is 0.312 e. The van der Waals surface area contributed by atoms with E-state index < -0.39 is 17.3 Å². The van der Waals surface area contributed by atoms with Crippen molar-refractivity contribution >= 4 is 16.9 Å². The molecule has 0 bridgehead atoms. The van der Waals surface area contributed by atoms with Crippen molar-refractivity contribution in [3.8, 4) is 28.4 Å². The first-order valence-electron chi connectivity index (χ1n) is 8.88. The number of ether oxygens (including phenoxy) is 1. The molecule has 0 spiro atoms. The molecule has 4 aromatic rings. The lowest BCUT2D eigenvalue weighted by Crippen LogP contribution is -2.21. The summed E-state index contributed by atoms with van der Waals surface area (Å²) < 4.78 is 16.6. The number of furan rings is 1. The Morgan fingerprint density at radius 2 is 1.79 bits per heavy atom. The number of hydrogen-bond donors (Lipinski definition) is 2. The third-order valence-electron chi connectivity index (χ3n) is 5.04. The van der Waals surface area contributed by atoms with E-state index in [9.17, 15) is 19.8 Å². The summed E-state index contributed by atoms with van der Waals surface area (Å²) in [4.78, 5) is 25.2. The Morgan fingerprint density at radius 3 is 2.52 bits per heavy atom. The lowest BCUT2D eigenvalue weighted by Gasteiger charge is -2.24. The van der Waals surface area contributed by atoms with E-state index in [0.29, 0.717) is 16.9 Å². The van der Waals surface area contributed by atoms with Gasteiger partial charge in [-0.3, -0.25) is 9.59 Å². The molecule has 7 nitrogen and oxygen atoms in total. The minimum Gasteiger partial charge on any atom is -0.508 e. The fraction of sp³-hybridized carbons (Fsp3) is 0.0909. The number of benzene rings is 2. The lowest BCUT2D eigenvalue weighted by molar-refractivity contribution is -0.135. The van der Waals surface area contributed by atoms with Crippen LogP contribution in [0.25, 0.3) is 22.1 Å². The fourth-order valence-corrected chi connectivity index (χ4v) is 3.70. The number of carbonyl (C=O) groups is 1. The Hall–Kier alpha value is -4.00. The third kappa shape index (κ3) is 2.67. The van der Waals surface area contributed by atoms with Crippen LogP contribution in [-0.4, -0.2) is 16.2 Å². The number of rotatable bonds is 2. The highest BCUT2D eigenvalue weighted by Crippen LogP contribution is 2.45. The Morgan fingerprint density at radius 1 is 1.00 bits per heavy atom. The number of hydrogen-bond acceptors (Lipinski definition) is 7. The molecule has 144 valence electrons. The van der Waals surface area contributed by atoms with Crippen molar-refractivity contribution < 1.29 is 28.6 Å². The molecular formula is C22H14O7. The van der Waals surface area contributed by atoms with E-state index in [0.717, 1.165) is 0 Å². The van der Waals surface area contributed by atoms with Gasteiger partial charge in [-0.15, -0.1) is 0 Å². The monoisotopic (exact) mass is 390 g/mol. The van der Waals surface area contributed by atoms with Crippen molar-refractivity contribution in [2.24, 2.45) is 0 Å². The number of aromatic hydroxyl groups is 2. The second-order valence-electron chi connectivity index (χ2n) is 6.78. The average molecular weight is 390 g/mol. The third-order valence-corrected chi connectivity index (χ3v) is 5.04. The molecule has 0 saturated carbocycles. The molecular weight excluding hydrogens is 376 g/mol. The van der Waals surface area contributed by atoms with E-state index in [1.54, 1.807) is 24.3 Å². The van der Waals surface area contributed by atoms with Crippen LogP contribution in [-0.2, 0) is 4.79 Å². The van der Waals surface area contributed by atoms with Gasteiger partial charge < -0.3 is 23.8 Å². The first kappa shape index (κ1) is 17.1. The molecule has 0 radical (unpaired) electrons. The van der Waals surface area contributed by atoms with Gasteiger partial charge >= 0.3 is 5.97 Å². The molecule has 0 fully saturated rings. The Bertz CT molecular complexity index is 1300. The Labute approximate surface area is 163 Å². The highest BCUT2D eigenvalue weighted by atomic mass is 16.5. The zero-order valence-electron chi connectivity index (χ0n) is 14.9. The first-order valence-corrected chi connectivity index (χ1v) is 8.88. The smallest absolute Gasteiger partial charge is 0.312 e. The van der Waals surface area contributed by atoms with E-state index in [4.69, 9.17) is 13.6 Å². The van der Waals surface area contributed by atoms with Gasteiger partial charge in [0.1, 0.15) is 40.2 Å². The van der Waals surface area contributed by atoms with Crippen LogP contribution in [0.4, 0.5) is 0 Å². The quantitative estimate of drug-likeness (QED) is 0.394. The van der Waals surface area contributed by atoms with Crippen LogP contribution >= 0.6 is 0 Å². The molecule has 7 heteroatoms. The van der Waals surface area contributed by atoms with Crippen LogP contribution in [0.3, 0.4) is 0 Å². The second-order valence-corrected chi connectivity index (χ2v) is 6.78. The molecule has 0 amide bonds. The predicted octanol–water partition coefficient (Wildman–Crippen LogP) is 3.91. The summed E-state index contributed by atoms with van der Waals surface area (Å²) >= 11 is 0. The number of esters is 1. The molecule has 1 aliphatic rings. The van der Waals surface area contributed by atoms with Crippen molar-refractivity contribution in [2.75, 3.05) is 0 Å². The second kappa shape index (κ2) is 6.27. The minimum absolute atomic E-state index is 0.0103. The fourth-order valence-electron chi connectivity index (χ4n) is 3.70. The van der Waals surface area contributed by atoms with Gasteiger partial charge in [0.05, 0.1) is 24.2 Å². The highest BCUT2D eigenvalue weighted by Gasteiger charge is 2.35. The van der Waals surface area contributed by atoms with Gasteiger partial charge in [-0.25, -0.2) is 0 Å². The zero-order chi connectivity index (χ0) is 20.1. The number of phenolic OH excluding ortho intramolecular Hbond substituents is 2. The largest absolute Gasteiger partial charge is 0.508 e. The van der Waals surface area contributed by atoms with Crippen LogP contribution in [0.15, 0.2) is 68.6 Å². The molecule has 29 heavy (non-hydrogen) atoms. The SMILES string of the molecule is O=C1C[C@@H](c2ccco2)c2c(cc(O)c3c(=O)c(-c4ccc(O)cc4)coc23)O1. The lowest BCUT2D eigenvalue weighted by atomic mass is 9.88. The zero-order valence-corrected chi connectivity index (χ0v) is 14.9. The van der Waals surface area contributed by atoms with Gasteiger partial charge in [0.25, 0.3) is 0 Å². The summed E-state index contributed by atoms with van der Waals surface area (Å²) in [6, 6.07) is 10.8. The molecule has 5 rings (SSSR count). The van der Waals surface area contributed by atoms with E-state index in [1.807, 2.05) is 0 Å². The van der Waals surface area contributed by atoms with E-state index in [2.05, 4.69) is 0 Å². The standard InChI is InChI=1S/C22H14O7/c23-12-5-3-11(4-6-12)14-10-28-22-19-13(16-2-1-7-27-16)8-18(25)29-17(19)9-15(24)20(22)21(14)26/h1-7,9-10,13,23-24H,8H2/t13-/m0/s1. The molecule has 3 heterocycles. The number of fused-ring (bicyclic) bond motifs is 3. The van der Waals surface area contributed by atoms with Crippen molar-refractivity contribution in [1.82, 2.24) is 0 Å². The van der Waals surface area contributed by atoms with Crippen LogP contribution in [0, 0.1) is 0 Å². The van der Waals surface area contributed by atoms with Crippen LogP contribution in [0.1, 0.15) is 23.7 Å². The predicted molar refractivity (Wildman–Crippen MR) is 102 cm³/mol. The highest BCUT2D eigenvalue weighted by molar-refractivity contribution is 5.94. The van der Waals surface area contributed by atoms with Gasteiger partial charge in [-0.05, 0) is 29.8 Å². The summed E-state index contributed by atoms with van der Waals surface area (Å²) in [6.45, 7) is 0. The summed E-state index contributed by atoms with van der Waals surface area (Å²) in [7, 11) is 0. The van der Waals surface area contributed by atoms with Gasteiger partial charge in [-0.2, -0.15) is 0 Å². The summed E-state index contributed by atoms with van der Waals surface area (Å²) in [5, 5.41) is 20.0. The summed E-state index contributed by atoms with van der Waals surface area (Å²) in [5.74, 6) is -0.596. The summed E-state index contributed by atoms with van der Waals surface area (Å²) in [5.41, 5.74) is 0.940. The molecule has 2 aromatic heterocycles. The number of carbonyl (C=O) groups excluding carboxylic acids is 1. The molecule has 0 saturated heterocycles. The van der Waals surface area contributed by atoms with Gasteiger partial charge in [-0.1, -0.05) is 12.1 Å². The van der Waals surface area contributed by atoms with Crippen molar-refractivity contribution in [3.63, 3.8) is 0 Å². The van der Waals surface area contributed by atoms with Gasteiger partial charge in [0.15, 0.2) is 0 Å². The molecule has 2 N–H and O–H groups in total. The Balaban J connectivity index is 1.79. The topological polar surface area (TPSA) is 110 Å². The molecule has 0 aliphatic carbocycles. The van der Waals surface area contributed by atoms with Crippen LogP contribution < -0.4 is 10.2 Å². The number of phenols is 2. The summed E-state index contributed by atoms with van der Waals surface area (Å²) in [6.07, 6.45) is 2.81. The minimum atomic E-state index is -0.507. The van der Waals surface area contributed by atoms with Crippen molar-refractivity contribution in [1.29, 1.82) is 0 Å². The van der Waals surface area contributed by atoms with E-state index in [-0.39, 0.29) is 40.2 Å². The van der Waals surface area contributed by atoms with Gasteiger partial charge in [0.2, 0.25) is 5.43 Å². The Kier molecular flexibility index (Phi) is 3.70. The maximum absolute atomic E-state index is 13.2. The van der Waals surface area contributed by atoms with Crippen LogP contribution in [0.5, 0.6) is 17.2 Å². The molecule has 2 aromatic carbocycles. The van der Waals surface area contributed by atoms with E-state index >= 15 is 0 Å². The molecule has 0 unspecified atom stereocenters. The maximum atomic E-state index is 13.2. The molecule has 1 atom stereocenters. The van der Waals surface area contributed by atoms with Crippen molar-refractivity contribution in [3.05, 3.63) is 76.5 Å². The average Bonchev–Trinajstić information content (AvgIpc) is 3.23. The molecule has 1 aliphatic heterocycles. The van der Waals surface area contributed by atoms with Gasteiger partial charge in [0, 0.05) is 11.6 Å². The normalized spacial score (nSPS) is 15.9. The van der Waals surface area contributed by atoms with Crippen molar-refractivity contribution in [2.45, 2.75) is 12.3 Å². The first-order chi connectivity index (χ1) is 14.0. The van der Waals surface area contributed by atoms with E-state index in [1.165, 1.54) is 30.7 Å².